The van der Waals surface area contributed by atoms with Crippen molar-refractivity contribution in [2.75, 3.05) is 0 Å². The molecule has 3 rings (SSSR count). The molecule has 7 nitrogen and oxygen atoms in total. The Balaban J connectivity index is 1.85. The molecule has 28 heavy (non-hydrogen) atoms. The number of hydrogen-bond acceptors (Lipinski definition) is 5. The highest BCUT2D eigenvalue weighted by atomic mass is 19.4. The van der Waals surface area contributed by atoms with Gasteiger partial charge in [0.05, 0.1) is 18.9 Å². The zero-order valence-electron chi connectivity index (χ0n) is 14.2. The second-order valence-electron chi connectivity index (χ2n) is 6.26. The van der Waals surface area contributed by atoms with Crippen LogP contribution in [-0.2, 0) is 16.1 Å². The molecule has 4 atom stereocenters. The predicted molar refractivity (Wildman–Crippen MR) is 86.9 cm³/mol. The molecule has 1 aromatic heterocycles. The molecule has 1 aliphatic heterocycles. The smallest absolute Gasteiger partial charge is 0.381 e. The van der Waals surface area contributed by atoms with Crippen molar-refractivity contribution in [3.05, 3.63) is 68.7 Å². The highest BCUT2D eigenvalue weighted by Crippen LogP contribution is 2.37. The normalized spacial score (nSPS) is 23.7. The lowest BCUT2D eigenvalue weighted by Crippen LogP contribution is -2.45. The summed E-state index contributed by atoms with van der Waals surface area (Å²) < 4.78 is 63.8. The predicted octanol–water partition coefficient (Wildman–Crippen LogP) is 1.47. The van der Waals surface area contributed by atoms with Crippen LogP contribution in [-0.4, -0.2) is 39.1 Å². The summed E-state index contributed by atoms with van der Waals surface area (Å²) in [6.45, 7) is -0.0580. The third-order valence-electron chi connectivity index (χ3n) is 4.30. The van der Waals surface area contributed by atoms with Gasteiger partial charge >= 0.3 is 11.9 Å². The van der Waals surface area contributed by atoms with Crippen molar-refractivity contribution in [3.8, 4) is 0 Å². The van der Waals surface area contributed by atoms with Crippen LogP contribution in [0.5, 0.6) is 0 Å². The largest absolute Gasteiger partial charge is 0.417 e. The van der Waals surface area contributed by atoms with Crippen molar-refractivity contribution in [2.45, 2.75) is 43.7 Å². The molecule has 0 spiro atoms. The van der Waals surface area contributed by atoms with Gasteiger partial charge in [0.2, 0.25) is 5.82 Å². The molecule has 0 radical (unpaired) electrons. The van der Waals surface area contributed by atoms with Gasteiger partial charge in [-0.05, 0) is 5.56 Å². The Labute approximate surface area is 155 Å². The molecule has 2 heterocycles. The van der Waals surface area contributed by atoms with E-state index in [1.54, 1.807) is 35.3 Å². The Morgan fingerprint density at radius 2 is 1.96 bits per heavy atom. The molecule has 2 N–H and O–H groups in total. The van der Waals surface area contributed by atoms with E-state index in [-0.39, 0.29) is 13.0 Å². The number of nitrogens with zero attached hydrogens (tertiary/aromatic N) is 1. The van der Waals surface area contributed by atoms with Gasteiger partial charge in [0, 0.05) is 6.42 Å². The number of benzene rings is 1. The van der Waals surface area contributed by atoms with Crippen LogP contribution in [0.25, 0.3) is 0 Å². The molecule has 0 amide bonds. The second-order valence-corrected chi connectivity index (χ2v) is 6.26. The van der Waals surface area contributed by atoms with Gasteiger partial charge < -0.3 is 14.6 Å². The average molecular weight is 404 g/mol. The minimum Gasteiger partial charge on any atom is -0.381 e. The number of rotatable bonds is 5. The number of aliphatic hydroxyl groups is 1. The standard InChI is InChI=1S/C17H16F4N2O5/c18-10-7-23(16(26)22-15(10)25)12-6-11(13(28-12)14(24)17(19,20)21)27-8-9-4-2-1-3-5-9/h1-5,7,11-14,24H,6,8H2,(H,22,25,26)/t11-,12+,13-,14-/m0/s1. The monoisotopic (exact) mass is 404 g/mol. The molecule has 1 aliphatic rings. The maximum absolute atomic E-state index is 13.5. The van der Waals surface area contributed by atoms with Gasteiger partial charge in [-0.2, -0.15) is 17.6 Å². The lowest BCUT2D eigenvalue weighted by molar-refractivity contribution is -0.247. The van der Waals surface area contributed by atoms with Crippen LogP contribution in [0.1, 0.15) is 18.2 Å². The van der Waals surface area contributed by atoms with Gasteiger partial charge in [-0.1, -0.05) is 30.3 Å². The van der Waals surface area contributed by atoms with E-state index < -0.39 is 47.8 Å². The Bertz CT molecular complexity index is 928. The molecular weight excluding hydrogens is 388 g/mol. The third-order valence-corrected chi connectivity index (χ3v) is 4.30. The van der Waals surface area contributed by atoms with Crippen molar-refractivity contribution < 1.29 is 32.1 Å². The summed E-state index contributed by atoms with van der Waals surface area (Å²) in [6.07, 6.45) is -12.0. The van der Waals surface area contributed by atoms with Crippen molar-refractivity contribution in [2.24, 2.45) is 0 Å². The van der Waals surface area contributed by atoms with Gasteiger partial charge in [-0.25, -0.2) is 4.79 Å². The fourth-order valence-corrected chi connectivity index (χ4v) is 2.92. The van der Waals surface area contributed by atoms with Gasteiger partial charge in [0.1, 0.15) is 12.3 Å². The first-order valence-corrected chi connectivity index (χ1v) is 8.23. The Morgan fingerprint density at radius 1 is 1.29 bits per heavy atom. The van der Waals surface area contributed by atoms with E-state index in [2.05, 4.69) is 0 Å². The SMILES string of the molecule is O=c1[nH]c(=O)n([C@H]2C[C@H](OCc3ccccc3)[C@@H]([C@H](O)C(F)(F)F)O2)cc1F. The second kappa shape index (κ2) is 7.86. The lowest BCUT2D eigenvalue weighted by Gasteiger charge is -2.25. The van der Waals surface area contributed by atoms with Crippen LogP contribution in [0.3, 0.4) is 0 Å². The number of halogens is 4. The van der Waals surface area contributed by atoms with Crippen molar-refractivity contribution in [1.29, 1.82) is 0 Å². The fraction of sp³-hybridized carbons (Fsp3) is 0.412. The van der Waals surface area contributed by atoms with Gasteiger partial charge in [-0.15, -0.1) is 0 Å². The minimum atomic E-state index is -4.99. The van der Waals surface area contributed by atoms with Gasteiger partial charge in [0.15, 0.2) is 6.10 Å². The first-order chi connectivity index (χ1) is 13.2. The summed E-state index contributed by atoms with van der Waals surface area (Å²) in [5.74, 6) is -1.30. The molecule has 1 fully saturated rings. The topological polar surface area (TPSA) is 93.6 Å². The lowest BCUT2D eigenvalue weighted by atomic mass is 10.1. The number of ether oxygens (including phenoxy) is 2. The molecule has 0 bridgehead atoms. The molecule has 1 saturated heterocycles. The van der Waals surface area contributed by atoms with E-state index in [0.717, 1.165) is 0 Å². The molecule has 152 valence electrons. The molecule has 1 aromatic carbocycles. The van der Waals surface area contributed by atoms with E-state index in [1.807, 2.05) is 0 Å². The molecule has 2 aromatic rings. The third kappa shape index (κ3) is 4.32. The molecular formula is C17H16F4N2O5. The zero-order valence-corrected chi connectivity index (χ0v) is 14.2. The highest BCUT2D eigenvalue weighted by molar-refractivity contribution is 5.13. The number of aromatic nitrogens is 2. The number of alkyl halides is 3. The van der Waals surface area contributed by atoms with Crippen LogP contribution >= 0.6 is 0 Å². The van der Waals surface area contributed by atoms with E-state index in [0.29, 0.717) is 16.3 Å². The zero-order chi connectivity index (χ0) is 20.5. The number of nitrogens with one attached hydrogen (secondary N) is 1. The summed E-state index contributed by atoms with van der Waals surface area (Å²) in [5, 5.41) is 9.64. The van der Waals surface area contributed by atoms with E-state index in [4.69, 9.17) is 9.47 Å². The summed E-state index contributed by atoms with van der Waals surface area (Å²) in [5.41, 5.74) is -1.64. The summed E-state index contributed by atoms with van der Waals surface area (Å²) >= 11 is 0. The summed E-state index contributed by atoms with van der Waals surface area (Å²) in [6, 6.07) is 8.59. The Kier molecular flexibility index (Phi) is 5.68. The molecule has 0 saturated carbocycles. The van der Waals surface area contributed by atoms with Gasteiger partial charge in [-0.3, -0.25) is 14.3 Å². The Hall–Kier alpha value is -2.50. The van der Waals surface area contributed by atoms with Crippen molar-refractivity contribution >= 4 is 0 Å². The minimum absolute atomic E-state index is 0.0580. The molecule has 0 aliphatic carbocycles. The maximum Gasteiger partial charge on any atom is 0.417 e. The number of aromatic amines is 1. The number of aliphatic hydroxyl groups excluding tert-OH is 1. The van der Waals surface area contributed by atoms with Gasteiger partial charge in [0.25, 0.3) is 5.56 Å². The van der Waals surface area contributed by atoms with Crippen LogP contribution in [0, 0.1) is 5.82 Å². The number of hydrogen-bond donors (Lipinski definition) is 2. The quantitative estimate of drug-likeness (QED) is 0.737. The van der Waals surface area contributed by atoms with E-state index in [1.165, 1.54) is 0 Å². The first kappa shape index (κ1) is 20.2. The molecule has 11 heteroatoms. The van der Waals surface area contributed by atoms with E-state index in [9.17, 15) is 32.3 Å². The van der Waals surface area contributed by atoms with Crippen molar-refractivity contribution in [1.82, 2.24) is 9.55 Å². The highest BCUT2D eigenvalue weighted by Gasteiger charge is 2.52. The van der Waals surface area contributed by atoms with Crippen LogP contribution in [0.2, 0.25) is 0 Å². The summed E-state index contributed by atoms with van der Waals surface area (Å²) in [4.78, 5) is 24.7. The van der Waals surface area contributed by atoms with Crippen LogP contribution < -0.4 is 11.2 Å². The van der Waals surface area contributed by atoms with E-state index >= 15 is 0 Å². The maximum atomic E-state index is 13.5. The van der Waals surface area contributed by atoms with Crippen LogP contribution in [0.15, 0.2) is 46.1 Å². The first-order valence-electron chi connectivity index (χ1n) is 8.23. The average Bonchev–Trinajstić information content (AvgIpc) is 3.06. The van der Waals surface area contributed by atoms with Crippen LogP contribution in [0.4, 0.5) is 17.6 Å². The Morgan fingerprint density at radius 3 is 2.61 bits per heavy atom. The summed E-state index contributed by atoms with van der Waals surface area (Å²) in [7, 11) is 0. The number of H-pyrrole nitrogens is 1. The fourth-order valence-electron chi connectivity index (χ4n) is 2.92. The van der Waals surface area contributed by atoms with Crippen molar-refractivity contribution in [3.63, 3.8) is 0 Å². The molecule has 0 unspecified atom stereocenters.